The lowest BCUT2D eigenvalue weighted by atomic mass is 9.90. The highest BCUT2D eigenvalue weighted by molar-refractivity contribution is 7.98. The lowest BCUT2D eigenvalue weighted by Gasteiger charge is -2.36. The summed E-state index contributed by atoms with van der Waals surface area (Å²) in [6.45, 7) is 6.43. The highest BCUT2D eigenvalue weighted by Crippen LogP contribution is 2.29. The van der Waals surface area contributed by atoms with E-state index in [0.29, 0.717) is 43.5 Å². The van der Waals surface area contributed by atoms with Gasteiger partial charge in [0.05, 0.1) is 25.9 Å². The summed E-state index contributed by atoms with van der Waals surface area (Å²) in [6, 6.07) is 13.2. The van der Waals surface area contributed by atoms with Gasteiger partial charge in [0.1, 0.15) is 6.04 Å². The number of hydrogen-bond acceptors (Lipinski definition) is 6. The van der Waals surface area contributed by atoms with Crippen LogP contribution in [0.15, 0.2) is 42.5 Å². The molecule has 0 bridgehead atoms. The zero-order valence-corrected chi connectivity index (χ0v) is 24.7. The number of amides is 1. The fourth-order valence-electron chi connectivity index (χ4n) is 5.72. The minimum Gasteiger partial charge on any atom is -0.480 e. The van der Waals surface area contributed by atoms with Crippen LogP contribution in [0.5, 0.6) is 0 Å². The van der Waals surface area contributed by atoms with Crippen LogP contribution in [0.1, 0.15) is 60.0 Å². The molecule has 1 aliphatic heterocycles. The number of carbonyl (C=O) groups excluding carboxylic acids is 1. The standard InChI is InChI=1S/C32H44N2O5S/c1-23-8-6-7-11-27(23)29-18-25(12-13-28(29)31(35)33-30(32(36)37)14-17-40-2)19-34-15-16-38-21-26(34)22-39-20-24-9-4-3-5-10-24/h6-8,11-13,18,24,26,30H,3-5,9-10,14-17,19-22H2,1-2H3,(H,33,35)(H,36,37). The molecular formula is C32H44N2O5S. The number of nitrogens with one attached hydrogen (secondary N) is 1. The van der Waals surface area contributed by atoms with Gasteiger partial charge in [-0.1, -0.05) is 49.6 Å². The van der Waals surface area contributed by atoms with Gasteiger partial charge in [0.2, 0.25) is 0 Å². The number of rotatable bonds is 13. The molecular weight excluding hydrogens is 524 g/mol. The number of carboxylic acid groups (broad SMARTS) is 1. The van der Waals surface area contributed by atoms with Gasteiger partial charge in [-0.15, -0.1) is 0 Å². The van der Waals surface area contributed by atoms with Crippen LogP contribution < -0.4 is 5.32 Å². The first kappa shape index (κ1) is 30.6. The number of aryl methyl sites for hydroxylation is 1. The van der Waals surface area contributed by atoms with Crippen molar-refractivity contribution in [1.29, 1.82) is 0 Å². The molecule has 2 aliphatic rings. The molecule has 40 heavy (non-hydrogen) atoms. The van der Waals surface area contributed by atoms with Gasteiger partial charge in [0.15, 0.2) is 0 Å². The highest BCUT2D eigenvalue weighted by atomic mass is 32.2. The van der Waals surface area contributed by atoms with E-state index >= 15 is 0 Å². The zero-order valence-electron chi connectivity index (χ0n) is 23.9. The predicted molar refractivity (Wildman–Crippen MR) is 161 cm³/mol. The molecule has 1 aliphatic carbocycles. The van der Waals surface area contributed by atoms with Crippen molar-refractivity contribution in [2.45, 2.75) is 64.1 Å². The van der Waals surface area contributed by atoms with Crippen LogP contribution in [0, 0.1) is 12.8 Å². The molecule has 2 fully saturated rings. The third-order valence-corrected chi connectivity index (χ3v) is 8.75. The molecule has 7 nitrogen and oxygen atoms in total. The fraction of sp³-hybridized carbons (Fsp3) is 0.562. The summed E-state index contributed by atoms with van der Waals surface area (Å²) in [5.41, 5.74) is 4.44. The van der Waals surface area contributed by atoms with E-state index in [0.717, 1.165) is 42.0 Å². The number of aliphatic carboxylic acids is 1. The lowest BCUT2D eigenvalue weighted by Crippen LogP contribution is -2.47. The Balaban J connectivity index is 1.51. The molecule has 2 atom stereocenters. The van der Waals surface area contributed by atoms with Gasteiger partial charge < -0.3 is 19.9 Å². The molecule has 0 spiro atoms. The van der Waals surface area contributed by atoms with E-state index in [-0.39, 0.29) is 11.9 Å². The second-order valence-electron chi connectivity index (χ2n) is 11.1. The lowest BCUT2D eigenvalue weighted by molar-refractivity contribution is -0.139. The normalized spacial score (nSPS) is 19.3. The Morgan fingerprint density at radius 1 is 1.12 bits per heavy atom. The van der Waals surface area contributed by atoms with E-state index < -0.39 is 12.0 Å². The second kappa shape index (κ2) is 15.6. The van der Waals surface area contributed by atoms with E-state index in [4.69, 9.17) is 9.47 Å². The van der Waals surface area contributed by atoms with Gasteiger partial charge in [-0.05, 0) is 78.5 Å². The Kier molecular flexibility index (Phi) is 11.9. The molecule has 2 unspecified atom stereocenters. The molecule has 1 saturated heterocycles. The van der Waals surface area contributed by atoms with E-state index in [1.165, 1.54) is 32.1 Å². The topological polar surface area (TPSA) is 88.1 Å². The van der Waals surface area contributed by atoms with Crippen LogP contribution in [0.25, 0.3) is 11.1 Å². The van der Waals surface area contributed by atoms with Crippen LogP contribution in [-0.2, 0) is 20.8 Å². The van der Waals surface area contributed by atoms with Crippen LogP contribution in [0.4, 0.5) is 0 Å². The van der Waals surface area contributed by atoms with Crippen molar-refractivity contribution in [3.8, 4) is 11.1 Å². The highest BCUT2D eigenvalue weighted by Gasteiger charge is 2.26. The van der Waals surface area contributed by atoms with Crippen molar-refractivity contribution in [3.63, 3.8) is 0 Å². The van der Waals surface area contributed by atoms with Gasteiger partial charge in [-0.25, -0.2) is 4.79 Å². The summed E-state index contributed by atoms with van der Waals surface area (Å²) in [5.74, 6) is -0.0333. The number of morpholine rings is 1. The first-order chi connectivity index (χ1) is 19.5. The van der Waals surface area contributed by atoms with Crippen LogP contribution >= 0.6 is 11.8 Å². The maximum atomic E-state index is 13.4. The first-order valence-electron chi connectivity index (χ1n) is 14.6. The quantitative estimate of drug-likeness (QED) is 0.335. The Hall–Kier alpha value is -2.39. The van der Waals surface area contributed by atoms with Gasteiger partial charge in [-0.3, -0.25) is 9.69 Å². The molecule has 2 N–H and O–H groups in total. The smallest absolute Gasteiger partial charge is 0.326 e. The van der Waals surface area contributed by atoms with Crippen LogP contribution in [-0.4, -0.2) is 78.9 Å². The molecule has 2 aromatic carbocycles. The van der Waals surface area contributed by atoms with E-state index in [1.54, 1.807) is 11.8 Å². The molecule has 0 radical (unpaired) electrons. The largest absolute Gasteiger partial charge is 0.480 e. The maximum Gasteiger partial charge on any atom is 0.326 e. The van der Waals surface area contributed by atoms with E-state index in [1.807, 2.05) is 49.6 Å². The summed E-state index contributed by atoms with van der Waals surface area (Å²) in [4.78, 5) is 27.6. The summed E-state index contributed by atoms with van der Waals surface area (Å²) in [5, 5.41) is 12.4. The third kappa shape index (κ3) is 8.56. The average molecular weight is 569 g/mol. The molecule has 0 aromatic heterocycles. The van der Waals surface area contributed by atoms with Gasteiger partial charge in [-0.2, -0.15) is 11.8 Å². The molecule has 8 heteroatoms. The number of nitrogens with zero attached hydrogens (tertiary/aromatic N) is 1. The molecule has 1 saturated carbocycles. The SMILES string of the molecule is CSCCC(NC(=O)c1ccc(CN2CCOCC2COCC2CCCCC2)cc1-c1ccccc1C)C(=O)O. The number of carbonyl (C=O) groups is 2. The number of hydrogen-bond donors (Lipinski definition) is 2. The van der Waals surface area contributed by atoms with Crippen molar-refractivity contribution in [2.75, 3.05) is 45.0 Å². The third-order valence-electron chi connectivity index (χ3n) is 8.10. The Morgan fingerprint density at radius 2 is 1.93 bits per heavy atom. The molecule has 218 valence electrons. The van der Waals surface area contributed by atoms with Crippen molar-refractivity contribution in [1.82, 2.24) is 10.2 Å². The molecule has 4 rings (SSSR count). The number of benzene rings is 2. The van der Waals surface area contributed by atoms with Gasteiger partial charge in [0, 0.05) is 25.3 Å². The Morgan fingerprint density at radius 3 is 2.67 bits per heavy atom. The number of thioether (sulfide) groups is 1. The second-order valence-corrected chi connectivity index (χ2v) is 12.1. The minimum atomic E-state index is -1.01. The van der Waals surface area contributed by atoms with E-state index in [2.05, 4.69) is 16.3 Å². The first-order valence-corrected chi connectivity index (χ1v) is 16.0. The van der Waals surface area contributed by atoms with Crippen molar-refractivity contribution in [2.24, 2.45) is 5.92 Å². The number of ether oxygens (including phenoxy) is 2. The van der Waals surface area contributed by atoms with Crippen molar-refractivity contribution >= 4 is 23.6 Å². The van der Waals surface area contributed by atoms with Crippen molar-refractivity contribution < 1.29 is 24.2 Å². The molecule has 2 aromatic rings. The van der Waals surface area contributed by atoms with Gasteiger partial charge >= 0.3 is 5.97 Å². The summed E-state index contributed by atoms with van der Waals surface area (Å²) < 4.78 is 12.0. The van der Waals surface area contributed by atoms with Crippen LogP contribution in [0.2, 0.25) is 0 Å². The monoisotopic (exact) mass is 568 g/mol. The van der Waals surface area contributed by atoms with Crippen molar-refractivity contribution in [3.05, 3.63) is 59.2 Å². The summed E-state index contributed by atoms with van der Waals surface area (Å²) in [6.07, 6.45) is 8.84. The zero-order chi connectivity index (χ0) is 28.3. The van der Waals surface area contributed by atoms with Crippen LogP contribution in [0.3, 0.4) is 0 Å². The number of carboxylic acids is 1. The van der Waals surface area contributed by atoms with Gasteiger partial charge in [0.25, 0.3) is 5.91 Å². The molecule has 1 amide bonds. The Bertz CT molecular complexity index is 1120. The van der Waals surface area contributed by atoms with E-state index in [9.17, 15) is 14.7 Å². The molecule has 1 heterocycles. The average Bonchev–Trinajstić information content (AvgIpc) is 2.96. The minimum absolute atomic E-state index is 0.190. The fourth-order valence-corrected chi connectivity index (χ4v) is 6.20. The predicted octanol–water partition coefficient (Wildman–Crippen LogP) is 5.40. The maximum absolute atomic E-state index is 13.4. The Labute approximate surface area is 243 Å². The summed E-state index contributed by atoms with van der Waals surface area (Å²) >= 11 is 1.57. The summed E-state index contributed by atoms with van der Waals surface area (Å²) in [7, 11) is 0.